The zero-order valence-electron chi connectivity index (χ0n) is 11.1. The summed E-state index contributed by atoms with van der Waals surface area (Å²) in [6.07, 6.45) is 1.60. The predicted molar refractivity (Wildman–Crippen MR) is 77.4 cm³/mol. The van der Waals surface area contributed by atoms with Crippen molar-refractivity contribution in [2.75, 3.05) is 13.1 Å². The maximum atomic E-state index is 12.3. The molecule has 0 aromatic carbocycles. The average molecular weight is 295 g/mol. The topological polar surface area (TPSA) is 68.9 Å². The van der Waals surface area contributed by atoms with E-state index in [2.05, 4.69) is 10.3 Å². The van der Waals surface area contributed by atoms with Crippen molar-refractivity contribution in [2.24, 2.45) is 7.05 Å². The van der Waals surface area contributed by atoms with Crippen LogP contribution >= 0.6 is 11.6 Å². The molecular formula is C13H15ClN4O2. The third-order valence-corrected chi connectivity index (χ3v) is 4.00. The van der Waals surface area contributed by atoms with E-state index in [1.54, 1.807) is 19.2 Å². The smallest absolute Gasteiger partial charge is 0.317 e. The molecule has 0 aliphatic carbocycles. The number of hydrogen-bond acceptors (Lipinski definition) is 4. The van der Waals surface area contributed by atoms with E-state index < -0.39 is 11.1 Å². The van der Waals surface area contributed by atoms with Gasteiger partial charge in [0.1, 0.15) is 5.15 Å². The molecule has 0 radical (unpaired) electrons. The molecule has 1 fully saturated rings. The highest BCUT2D eigenvalue weighted by atomic mass is 35.5. The van der Waals surface area contributed by atoms with E-state index in [-0.39, 0.29) is 6.04 Å². The Kier molecular flexibility index (Phi) is 3.35. The van der Waals surface area contributed by atoms with Crippen LogP contribution in [0, 0.1) is 0 Å². The highest BCUT2D eigenvalue weighted by Crippen LogP contribution is 2.21. The molecule has 2 aromatic heterocycles. The standard InChI is InChI=1S/C13H15ClN4O2/c1-17-9-2-3-10(14)16-11(9)18(13(20)12(17)19)8-4-6-15-7-5-8/h2-3,8,15H,4-7H2,1H3. The van der Waals surface area contributed by atoms with Gasteiger partial charge in [-0.2, -0.15) is 0 Å². The minimum Gasteiger partial charge on any atom is -0.317 e. The zero-order chi connectivity index (χ0) is 14.3. The summed E-state index contributed by atoms with van der Waals surface area (Å²) in [6.45, 7) is 1.66. The number of piperidine rings is 1. The van der Waals surface area contributed by atoms with Gasteiger partial charge in [0.2, 0.25) is 0 Å². The highest BCUT2D eigenvalue weighted by molar-refractivity contribution is 6.29. The van der Waals surface area contributed by atoms with Crippen LogP contribution < -0.4 is 16.4 Å². The first-order valence-electron chi connectivity index (χ1n) is 6.58. The average Bonchev–Trinajstić information content (AvgIpc) is 2.46. The third kappa shape index (κ3) is 2.05. The van der Waals surface area contributed by atoms with Crippen LogP contribution in [-0.4, -0.2) is 27.2 Å². The lowest BCUT2D eigenvalue weighted by atomic mass is 10.1. The van der Waals surface area contributed by atoms with Crippen molar-refractivity contribution in [2.45, 2.75) is 18.9 Å². The molecule has 2 aromatic rings. The fourth-order valence-electron chi connectivity index (χ4n) is 2.71. The summed E-state index contributed by atoms with van der Waals surface area (Å²) in [6, 6.07) is 3.34. The Hall–Kier alpha value is -1.66. The fraction of sp³-hybridized carbons (Fsp3) is 0.462. The summed E-state index contributed by atoms with van der Waals surface area (Å²) < 4.78 is 2.85. The van der Waals surface area contributed by atoms with Crippen molar-refractivity contribution >= 4 is 22.8 Å². The van der Waals surface area contributed by atoms with E-state index in [0.29, 0.717) is 16.3 Å². The number of pyridine rings is 1. The molecule has 106 valence electrons. The first kappa shape index (κ1) is 13.3. The van der Waals surface area contributed by atoms with E-state index >= 15 is 0 Å². The van der Waals surface area contributed by atoms with Gasteiger partial charge in [0.05, 0.1) is 5.52 Å². The molecule has 20 heavy (non-hydrogen) atoms. The third-order valence-electron chi connectivity index (χ3n) is 3.79. The molecule has 1 N–H and O–H groups in total. The van der Waals surface area contributed by atoms with Crippen LogP contribution in [0.2, 0.25) is 5.15 Å². The van der Waals surface area contributed by atoms with Crippen LogP contribution in [0.25, 0.3) is 11.2 Å². The monoisotopic (exact) mass is 294 g/mol. The second-order valence-corrected chi connectivity index (χ2v) is 5.38. The summed E-state index contributed by atoms with van der Waals surface area (Å²) in [4.78, 5) is 28.7. The maximum absolute atomic E-state index is 12.3. The van der Waals surface area contributed by atoms with Crippen LogP contribution in [-0.2, 0) is 7.05 Å². The lowest BCUT2D eigenvalue weighted by Crippen LogP contribution is -2.44. The first-order valence-corrected chi connectivity index (χ1v) is 6.96. The Bertz CT molecular complexity index is 774. The molecule has 0 amide bonds. The minimum absolute atomic E-state index is 0.00823. The van der Waals surface area contributed by atoms with Crippen LogP contribution in [0.4, 0.5) is 0 Å². The molecule has 1 saturated heterocycles. The van der Waals surface area contributed by atoms with E-state index in [1.165, 1.54) is 9.13 Å². The van der Waals surface area contributed by atoms with Crippen molar-refractivity contribution < 1.29 is 0 Å². The Morgan fingerprint density at radius 1 is 1.25 bits per heavy atom. The molecule has 1 aliphatic rings. The molecule has 3 rings (SSSR count). The number of aryl methyl sites for hydroxylation is 1. The molecule has 6 nitrogen and oxygen atoms in total. The number of aromatic nitrogens is 3. The molecule has 0 atom stereocenters. The Morgan fingerprint density at radius 2 is 1.95 bits per heavy atom. The van der Waals surface area contributed by atoms with Gasteiger partial charge in [-0.15, -0.1) is 0 Å². The van der Waals surface area contributed by atoms with Gasteiger partial charge in [-0.25, -0.2) is 4.98 Å². The Morgan fingerprint density at radius 3 is 2.65 bits per heavy atom. The fourth-order valence-corrected chi connectivity index (χ4v) is 2.86. The predicted octanol–water partition coefficient (Wildman–Crippen LogP) is 0.673. The van der Waals surface area contributed by atoms with Crippen LogP contribution in [0.1, 0.15) is 18.9 Å². The number of fused-ring (bicyclic) bond motifs is 1. The largest absolute Gasteiger partial charge is 0.318 e. The minimum atomic E-state index is -0.528. The van der Waals surface area contributed by atoms with Crippen molar-refractivity contribution in [3.63, 3.8) is 0 Å². The summed E-state index contributed by atoms with van der Waals surface area (Å²) in [7, 11) is 1.58. The van der Waals surface area contributed by atoms with Crippen LogP contribution in [0.15, 0.2) is 21.7 Å². The van der Waals surface area contributed by atoms with Crippen molar-refractivity contribution in [1.82, 2.24) is 19.4 Å². The summed E-state index contributed by atoms with van der Waals surface area (Å²) in [5.74, 6) is 0. The lowest BCUT2D eigenvalue weighted by molar-refractivity contribution is 0.365. The molecule has 0 unspecified atom stereocenters. The lowest BCUT2D eigenvalue weighted by Gasteiger charge is -2.25. The zero-order valence-corrected chi connectivity index (χ0v) is 11.9. The molecule has 1 aliphatic heterocycles. The van der Waals surface area contributed by atoms with E-state index in [4.69, 9.17) is 11.6 Å². The number of hydrogen-bond donors (Lipinski definition) is 1. The molecule has 0 spiro atoms. The van der Waals surface area contributed by atoms with E-state index in [0.717, 1.165) is 25.9 Å². The number of nitrogens with zero attached hydrogens (tertiary/aromatic N) is 3. The molecular weight excluding hydrogens is 280 g/mol. The quantitative estimate of drug-likeness (QED) is 0.620. The van der Waals surface area contributed by atoms with Crippen molar-refractivity contribution in [3.05, 3.63) is 38.0 Å². The number of nitrogens with one attached hydrogen (secondary N) is 1. The first-order chi connectivity index (χ1) is 9.59. The second kappa shape index (κ2) is 5.03. The van der Waals surface area contributed by atoms with Gasteiger partial charge in [-0.1, -0.05) is 11.6 Å². The van der Waals surface area contributed by atoms with Crippen LogP contribution in [0.3, 0.4) is 0 Å². The van der Waals surface area contributed by atoms with Gasteiger partial charge in [0.25, 0.3) is 0 Å². The highest BCUT2D eigenvalue weighted by Gasteiger charge is 2.21. The van der Waals surface area contributed by atoms with Gasteiger partial charge in [-0.3, -0.25) is 14.2 Å². The van der Waals surface area contributed by atoms with Gasteiger partial charge >= 0.3 is 11.1 Å². The van der Waals surface area contributed by atoms with Gasteiger partial charge in [0, 0.05) is 13.1 Å². The summed E-state index contributed by atoms with van der Waals surface area (Å²) in [5.41, 5.74) is 0.0517. The molecule has 7 heteroatoms. The van der Waals surface area contributed by atoms with Crippen LogP contribution in [0.5, 0.6) is 0 Å². The second-order valence-electron chi connectivity index (χ2n) is 5.00. The normalized spacial score (nSPS) is 16.7. The molecule has 0 bridgehead atoms. The van der Waals surface area contributed by atoms with Gasteiger partial charge in [-0.05, 0) is 38.1 Å². The summed E-state index contributed by atoms with van der Waals surface area (Å²) in [5, 5.41) is 3.56. The maximum Gasteiger partial charge on any atom is 0.318 e. The molecule has 3 heterocycles. The van der Waals surface area contributed by atoms with Crippen molar-refractivity contribution in [1.29, 1.82) is 0 Å². The van der Waals surface area contributed by atoms with Gasteiger partial charge < -0.3 is 9.88 Å². The molecule has 0 saturated carbocycles. The van der Waals surface area contributed by atoms with Gasteiger partial charge in [0.15, 0.2) is 5.65 Å². The SMILES string of the molecule is Cn1c(=O)c(=O)n(C2CCNCC2)c2nc(Cl)ccc21. The summed E-state index contributed by atoms with van der Waals surface area (Å²) >= 11 is 5.95. The van der Waals surface area contributed by atoms with Crippen molar-refractivity contribution in [3.8, 4) is 0 Å². The van der Waals surface area contributed by atoms with E-state index in [9.17, 15) is 9.59 Å². The van der Waals surface area contributed by atoms with E-state index in [1.807, 2.05) is 0 Å². The Balaban J connectivity index is 2.36. The number of halogens is 1. The number of rotatable bonds is 1. The Labute approximate surface area is 120 Å².